The van der Waals surface area contributed by atoms with Gasteiger partial charge in [-0.2, -0.15) is 0 Å². The molecule has 14 heavy (non-hydrogen) atoms. The van der Waals surface area contributed by atoms with E-state index in [1.165, 1.54) is 12.5 Å². The van der Waals surface area contributed by atoms with Crippen molar-refractivity contribution in [1.82, 2.24) is 0 Å². The van der Waals surface area contributed by atoms with Crippen molar-refractivity contribution in [2.45, 2.75) is 0 Å². The molecule has 6 nitrogen and oxygen atoms in total. The third-order valence-electron chi connectivity index (χ3n) is 0.626. The fraction of sp³-hybridized carbons (Fsp3) is 0. The number of carbonyl (C=O) groups is 2. The molecule has 0 aromatic carbocycles. The van der Waals surface area contributed by atoms with Gasteiger partial charge in [0.2, 0.25) is 0 Å². The van der Waals surface area contributed by atoms with Crippen LogP contribution < -0.4 is 0 Å². The normalized spacial score (nSPS) is 6.14. The van der Waals surface area contributed by atoms with Crippen LogP contribution in [0.2, 0.25) is 0 Å². The Balaban J connectivity index is 0. The number of hydrogen-bond donors (Lipinski definition) is 0. The highest BCUT2D eigenvalue weighted by molar-refractivity contribution is 5.82. The van der Waals surface area contributed by atoms with Crippen LogP contribution in [0.4, 0.5) is 0 Å². The molecule has 0 rings (SSSR count). The summed E-state index contributed by atoms with van der Waals surface area (Å²) in [7, 11) is 0. The predicted octanol–water partition coefficient (Wildman–Crippen LogP) is 0.393. The number of hydrogen-bond acceptors (Lipinski definition) is 6. The first-order valence-electron chi connectivity index (χ1n) is 3.07. The third-order valence-corrected chi connectivity index (χ3v) is 0.626. The van der Waals surface area contributed by atoms with Crippen molar-refractivity contribution in [3.05, 3.63) is 25.3 Å². The summed E-state index contributed by atoms with van der Waals surface area (Å²) in [6, 6.07) is 0. The van der Waals surface area contributed by atoms with E-state index >= 15 is 0 Å². The molecule has 0 aliphatic heterocycles. The zero-order chi connectivity index (χ0) is 11.4. The quantitative estimate of drug-likeness (QED) is 0.358. The lowest BCUT2D eigenvalue weighted by atomic mass is 10.7. The molecule has 0 radical (unpaired) electrons. The number of esters is 2. The summed E-state index contributed by atoms with van der Waals surface area (Å²) in [4.78, 5) is 19.7. The summed E-state index contributed by atoms with van der Waals surface area (Å²) in [6.45, 7) is 6.11. The summed E-state index contributed by atoms with van der Waals surface area (Å²) in [5.41, 5.74) is 0. The van der Waals surface area contributed by atoms with Crippen LogP contribution in [0.1, 0.15) is 0 Å². The van der Waals surface area contributed by atoms with E-state index in [0.717, 1.165) is 12.2 Å². The highest BCUT2D eigenvalue weighted by Gasteiger charge is 1.88. The van der Waals surface area contributed by atoms with Gasteiger partial charge < -0.3 is 9.47 Å². The van der Waals surface area contributed by atoms with Crippen molar-refractivity contribution in [3.63, 3.8) is 0 Å². The van der Waals surface area contributed by atoms with Crippen LogP contribution >= 0.6 is 0 Å². The van der Waals surface area contributed by atoms with Crippen LogP contribution in [0.3, 0.4) is 0 Å². The van der Waals surface area contributed by atoms with E-state index in [-0.39, 0.29) is 0 Å². The van der Waals surface area contributed by atoms with E-state index < -0.39 is 11.9 Å². The van der Waals surface area contributed by atoms with Crippen molar-refractivity contribution >= 4 is 11.9 Å². The molecule has 0 spiro atoms. The van der Waals surface area contributed by atoms with Gasteiger partial charge in [0.1, 0.15) is 0 Å². The van der Waals surface area contributed by atoms with Crippen LogP contribution in [0, 0.1) is 23.0 Å². The Morgan fingerprint density at radius 3 is 1.36 bits per heavy atom. The first-order chi connectivity index (χ1) is 6.62. The minimum atomic E-state index is -0.720. The molecule has 0 N–H and O–H groups in total. The standard InChI is InChI=1S/2C4H3NO2/c2*1-2-4(6)7-3-5/h2*2H,1H2. The monoisotopic (exact) mass is 194 g/mol. The van der Waals surface area contributed by atoms with Gasteiger partial charge in [0, 0.05) is 12.2 Å². The molecule has 0 unspecified atom stereocenters. The van der Waals surface area contributed by atoms with Gasteiger partial charge in [-0.1, -0.05) is 13.2 Å². The van der Waals surface area contributed by atoms with Crippen molar-refractivity contribution in [1.29, 1.82) is 10.5 Å². The number of nitriles is 2. The molecule has 0 aromatic heterocycles. The number of carbonyl (C=O) groups excluding carboxylic acids is 2. The van der Waals surface area contributed by atoms with Gasteiger partial charge in [-0.3, -0.25) is 0 Å². The second-order valence-electron chi connectivity index (χ2n) is 1.43. The zero-order valence-corrected chi connectivity index (χ0v) is 7.10. The lowest BCUT2D eigenvalue weighted by molar-refractivity contribution is -0.132. The maximum absolute atomic E-state index is 9.85. The minimum absolute atomic E-state index is 0.720. The van der Waals surface area contributed by atoms with Crippen LogP contribution in [0.5, 0.6) is 0 Å². The van der Waals surface area contributed by atoms with E-state index in [2.05, 4.69) is 22.6 Å². The SMILES string of the molecule is C=CC(=O)OC#N.C=CC(=O)OC#N. The lowest BCUT2D eigenvalue weighted by Gasteiger charge is -1.77. The molecule has 0 atom stereocenters. The van der Waals surface area contributed by atoms with Gasteiger partial charge in [-0.05, 0) is 0 Å². The summed E-state index contributed by atoms with van der Waals surface area (Å²) < 4.78 is 7.48. The van der Waals surface area contributed by atoms with Crippen molar-refractivity contribution in [3.8, 4) is 12.5 Å². The predicted molar refractivity (Wildman–Crippen MR) is 43.8 cm³/mol. The maximum Gasteiger partial charge on any atom is 0.345 e. The highest BCUT2D eigenvalue weighted by atomic mass is 16.5. The highest BCUT2D eigenvalue weighted by Crippen LogP contribution is 1.71. The Hall–Kier alpha value is -2.60. The fourth-order valence-electron chi connectivity index (χ4n) is 0.173. The lowest BCUT2D eigenvalue weighted by Crippen LogP contribution is -1.91. The van der Waals surface area contributed by atoms with Crippen LogP contribution in [-0.4, -0.2) is 11.9 Å². The topological polar surface area (TPSA) is 100 Å². The van der Waals surface area contributed by atoms with Crippen LogP contribution in [-0.2, 0) is 19.1 Å². The Kier molecular flexibility index (Phi) is 10.4. The molecule has 6 heteroatoms. The maximum atomic E-state index is 9.85. The molecule has 0 aliphatic carbocycles. The Morgan fingerprint density at radius 2 is 1.29 bits per heavy atom. The van der Waals surface area contributed by atoms with E-state index in [9.17, 15) is 9.59 Å². The second-order valence-corrected chi connectivity index (χ2v) is 1.43. The minimum Gasteiger partial charge on any atom is -0.347 e. The molecule has 0 aromatic rings. The molecule has 0 heterocycles. The molecular formula is C8H6N2O4. The molecule has 0 amide bonds. The van der Waals surface area contributed by atoms with Gasteiger partial charge in [0.25, 0.3) is 12.5 Å². The largest absolute Gasteiger partial charge is 0.347 e. The Morgan fingerprint density at radius 1 is 1.00 bits per heavy atom. The first-order valence-corrected chi connectivity index (χ1v) is 3.07. The molecule has 0 saturated heterocycles. The summed E-state index contributed by atoms with van der Waals surface area (Å²) >= 11 is 0. The van der Waals surface area contributed by atoms with E-state index in [1.807, 2.05) is 0 Å². The average molecular weight is 194 g/mol. The molecule has 0 aliphatic rings. The van der Waals surface area contributed by atoms with Gasteiger partial charge in [0.05, 0.1) is 0 Å². The Labute approximate surface area is 80.3 Å². The van der Waals surface area contributed by atoms with Gasteiger partial charge in [-0.15, -0.1) is 10.5 Å². The van der Waals surface area contributed by atoms with E-state index in [0.29, 0.717) is 0 Å². The molecule has 0 fully saturated rings. The zero-order valence-electron chi connectivity index (χ0n) is 7.10. The Bertz CT molecular complexity index is 276. The van der Waals surface area contributed by atoms with Gasteiger partial charge in [-0.25, -0.2) is 9.59 Å². The fourth-order valence-corrected chi connectivity index (χ4v) is 0.173. The smallest absolute Gasteiger partial charge is 0.345 e. The van der Waals surface area contributed by atoms with Gasteiger partial charge in [0.15, 0.2) is 0 Å². The van der Waals surface area contributed by atoms with Crippen LogP contribution in [0.15, 0.2) is 25.3 Å². The first kappa shape index (κ1) is 14.0. The van der Waals surface area contributed by atoms with Crippen molar-refractivity contribution in [2.24, 2.45) is 0 Å². The summed E-state index contributed by atoms with van der Waals surface area (Å²) in [5.74, 6) is -1.44. The van der Waals surface area contributed by atoms with Crippen molar-refractivity contribution < 1.29 is 19.1 Å². The van der Waals surface area contributed by atoms with E-state index in [1.54, 1.807) is 0 Å². The molecule has 0 bridgehead atoms. The third kappa shape index (κ3) is 12.1. The second kappa shape index (κ2) is 10.4. The summed E-state index contributed by atoms with van der Waals surface area (Å²) in [5, 5.41) is 15.3. The molecular weight excluding hydrogens is 188 g/mol. The van der Waals surface area contributed by atoms with Gasteiger partial charge >= 0.3 is 11.9 Å². The van der Waals surface area contributed by atoms with Crippen LogP contribution in [0.25, 0.3) is 0 Å². The van der Waals surface area contributed by atoms with Crippen molar-refractivity contribution in [2.75, 3.05) is 0 Å². The average Bonchev–Trinajstić information content (AvgIpc) is 2.19. The molecule has 72 valence electrons. The summed E-state index contributed by atoms with van der Waals surface area (Å²) in [6.07, 6.45) is 4.23. The number of rotatable bonds is 2. The number of ether oxygens (including phenoxy) is 2. The van der Waals surface area contributed by atoms with E-state index in [4.69, 9.17) is 10.5 Å². The molecule has 0 saturated carbocycles. The number of nitrogens with zero attached hydrogens (tertiary/aromatic N) is 2.